The van der Waals surface area contributed by atoms with Gasteiger partial charge < -0.3 is 10.5 Å². The Bertz CT molecular complexity index is 552. The molecule has 0 amide bonds. The summed E-state index contributed by atoms with van der Waals surface area (Å²) in [6.07, 6.45) is 0. The predicted molar refractivity (Wildman–Crippen MR) is 61.5 cm³/mol. The Morgan fingerprint density at radius 1 is 1.00 bits per heavy atom. The topological polar surface area (TPSA) is 35.2 Å². The molecule has 0 atom stereocenters. The van der Waals surface area contributed by atoms with E-state index in [0.29, 0.717) is 5.56 Å². The van der Waals surface area contributed by atoms with Crippen LogP contribution >= 0.6 is 0 Å². The van der Waals surface area contributed by atoms with Crippen LogP contribution in [-0.4, -0.2) is 0 Å². The lowest BCUT2D eigenvalue weighted by molar-refractivity contribution is 0.274. The zero-order valence-electron chi connectivity index (χ0n) is 9.29. The summed E-state index contributed by atoms with van der Waals surface area (Å²) in [6, 6.07) is 7.15. The van der Waals surface area contributed by atoms with Crippen molar-refractivity contribution in [1.29, 1.82) is 0 Å². The zero-order valence-corrected chi connectivity index (χ0v) is 9.29. The fourth-order valence-corrected chi connectivity index (χ4v) is 1.47. The van der Waals surface area contributed by atoms with Crippen LogP contribution in [0.2, 0.25) is 0 Å². The molecule has 0 aliphatic carbocycles. The van der Waals surface area contributed by atoms with E-state index in [1.165, 1.54) is 18.2 Å². The van der Waals surface area contributed by atoms with Gasteiger partial charge in [-0.25, -0.2) is 13.2 Å². The predicted octanol–water partition coefficient (Wildman–Crippen LogP) is 3.27. The van der Waals surface area contributed by atoms with E-state index < -0.39 is 23.2 Å². The van der Waals surface area contributed by atoms with Crippen molar-refractivity contribution in [3.8, 4) is 5.75 Å². The van der Waals surface area contributed by atoms with Crippen molar-refractivity contribution in [2.75, 3.05) is 5.73 Å². The summed E-state index contributed by atoms with van der Waals surface area (Å²) >= 11 is 0. The summed E-state index contributed by atoms with van der Waals surface area (Å²) in [5, 5.41) is 0. The SMILES string of the molecule is Nc1cc(F)ccc1COc1c(F)cccc1F. The van der Waals surface area contributed by atoms with Gasteiger partial charge in [0, 0.05) is 11.3 Å². The minimum atomic E-state index is -0.796. The number of hydrogen-bond acceptors (Lipinski definition) is 2. The lowest BCUT2D eigenvalue weighted by Gasteiger charge is -2.10. The first-order valence-corrected chi connectivity index (χ1v) is 5.18. The monoisotopic (exact) mass is 253 g/mol. The smallest absolute Gasteiger partial charge is 0.191 e. The van der Waals surface area contributed by atoms with Crippen molar-refractivity contribution < 1.29 is 17.9 Å². The van der Waals surface area contributed by atoms with Crippen molar-refractivity contribution in [3.05, 3.63) is 59.4 Å². The number of anilines is 1. The van der Waals surface area contributed by atoms with Gasteiger partial charge in [0.05, 0.1) is 0 Å². The molecule has 0 unspecified atom stereocenters. The van der Waals surface area contributed by atoms with E-state index in [4.69, 9.17) is 10.5 Å². The molecule has 2 aromatic carbocycles. The standard InChI is InChI=1S/C13H10F3NO/c14-9-5-4-8(12(17)6-9)7-18-13-10(15)2-1-3-11(13)16/h1-6H,7,17H2. The first-order chi connectivity index (χ1) is 8.58. The van der Waals surface area contributed by atoms with Gasteiger partial charge in [-0.15, -0.1) is 0 Å². The maximum atomic E-state index is 13.3. The van der Waals surface area contributed by atoms with Crippen molar-refractivity contribution in [1.82, 2.24) is 0 Å². The molecule has 5 heteroatoms. The van der Waals surface area contributed by atoms with E-state index in [0.717, 1.165) is 18.2 Å². The summed E-state index contributed by atoms with van der Waals surface area (Å²) < 4.78 is 44.3. The number of nitrogen functional groups attached to an aromatic ring is 1. The third kappa shape index (κ3) is 2.56. The Hall–Kier alpha value is -2.17. The average molecular weight is 253 g/mol. The van der Waals surface area contributed by atoms with Gasteiger partial charge in [-0.3, -0.25) is 0 Å². The van der Waals surface area contributed by atoms with Gasteiger partial charge in [0.1, 0.15) is 12.4 Å². The van der Waals surface area contributed by atoms with E-state index >= 15 is 0 Å². The maximum Gasteiger partial charge on any atom is 0.191 e. The van der Waals surface area contributed by atoms with E-state index in [9.17, 15) is 13.2 Å². The van der Waals surface area contributed by atoms with Crippen molar-refractivity contribution in [3.63, 3.8) is 0 Å². The summed E-state index contributed by atoms with van der Waals surface area (Å²) in [6.45, 7) is -0.135. The van der Waals surface area contributed by atoms with Gasteiger partial charge in [0.25, 0.3) is 0 Å². The summed E-state index contributed by atoms with van der Waals surface area (Å²) in [4.78, 5) is 0. The molecule has 0 heterocycles. The van der Waals surface area contributed by atoms with Crippen LogP contribution in [0.4, 0.5) is 18.9 Å². The number of ether oxygens (including phenoxy) is 1. The highest BCUT2D eigenvalue weighted by Crippen LogP contribution is 2.23. The number of para-hydroxylation sites is 1. The number of rotatable bonds is 3. The normalized spacial score (nSPS) is 10.4. The molecule has 2 rings (SSSR count). The van der Waals surface area contributed by atoms with Crippen LogP contribution in [-0.2, 0) is 6.61 Å². The summed E-state index contributed by atoms with van der Waals surface area (Å²) in [7, 11) is 0. The number of nitrogens with two attached hydrogens (primary N) is 1. The van der Waals surface area contributed by atoms with Crippen LogP contribution in [0.1, 0.15) is 5.56 Å². The number of benzene rings is 2. The molecule has 0 saturated heterocycles. The van der Waals surface area contributed by atoms with Crippen LogP contribution in [0, 0.1) is 17.5 Å². The van der Waals surface area contributed by atoms with Crippen LogP contribution < -0.4 is 10.5 Å². The number of halogens is 3. The minimum Gasteiger partial charge on any atom is -0.483 e. The quantitative estimate of drug-likeness (QED) is 0.852. The Labute approximate surface area is 102 Å². The fourth-order valence-electron chi connectivity index (χ4n) is 1.47. The Morgan fingerprint density at radius 2 is 1.67 bits per heavy atom. The van der Waals surface area contributed by atoms with Gasteiger partial charge >= 0.3 is 0 Å². The Balaban J connectivity index is 2.16. The highest BCUT2D eigenvalue weighted by Gasteiger charge is 2.10. The number of hydrogen-bond donors (Lipinski definition) is 1. The molecule has 0 aromatic heterocycles. The third-order valence-electron chi connectivity index (χ3n) is 2.40. The van der Waals surface area contributed by atoms with E-state index in [-0.39, 0.29) is 12.3 Å². The lowest BCUT2D eigenvalue weighted by atomic mass is 10.2. The second kappa shape index (κ2) is 5.00. The molecular formula is C13H10F3NO. The van der Waals surface area contributed by atoms with Crippen molar-refractivity contribution in [2.45, 2.75) is 6.61 Å². The molecule has 2 aromatic rings. The summed E-state index contributed by atoms with van der Waals surface area (Å²) in [5.41, 5.74) is 6.18. The molecule has 0 fully saturated rings. The van der Waals surface area contributed by atoms with Crippen LogP contribution in [0.5, 0.6) is 5.75 Å². The Kier molecular flexibility index (Phi) is 3.41. The molecule has 0 radical (unpaired) electrons. The second-order valence-corrected chi connectivity index (χ2v) is 3.68. The zero-order chi connectivity index (χ0) is 13.1. The minimum absolute atomic E-state index is 0.135. The van der Waals surface area contributed by atoms with E-state index in [1.807, 2.05) is 0 Å². The first-order valence-electron chi connectivity index (χ1n) is 5.18. The molecule has 2 N–H and O–H groups in total. The van der Waals surface area contributed by atoms with Gasteiger partial charge in [0.2, 0.25) is 0 Å². The van der Waals surface area contributed by atoms with E-state index in [2.05, 4.69) is 0 Å². The molecule has 0 aliphatic heterocycles. The third-order valence-corrected chi connectivity index (χ3v) is 2.40. The first kappa shape index (κ1) is 12.3. The molecule has 0 aliphatic rings. The van der Waals surface area contributed by atoms with E-state index in [1.54, 1.807) is 0 Å². The maximum absolute atomic E-state index is 13.3. The van der Waals surface area contributed by atoms with Crippen molar-refractivity contribution in [2.24, 2.45) is 0 Å². The van der Waals surface area contributed by atoms with Crippen LogP contribution in [0.25, 0.3) is 0 Å². The highest BCUT2D eigenvalue weighted by atomic mass is 19.1. The molecular weight excluding hydrogens is 243 g/mol. The Morgan fingerprint density at radius 3 is 2.28 bits per heavy atom. The van der Waals surface area contributed by atoms with Crippen LogP contribution in [0.15, 0.2) is 36.4 Å². The van der Waals surface area contributed by atoms with Gasteiger partial charge in [-0.05, 0) is 24.3 Å². The molecule has 18 heavy (non-hydrogen) atoms. The van der Waals surface area contributed by atoms with Gasteiger partial charge in [-0.1, -0.05) is 12.1 Å². The summed E-state index contributed by atoms with van der Waals surface area (Å²) in [5.74, 6) is -2.54. The molecule has 94 valence electrons. The second-order valence-electron chi connectivity index (χ2n) is 3.68. The molecule has 0 saturated carbocycles. The fraction of sp³-hybridized carbons (Fsp3) is 0.0769. The molecule has 0 bridgehead atoms. The van der Waals surface area contributed by atoms with Gasteiger partial charge in [-0.2, -0.15) is 0 Å². The highest BCUT2D eigenvalue weighted by molar-refractivity contribution is 5.46. The average Bonchev–Trinajstić information content (AvgIpc) is 2.31. The largest absolute Gasteiger partial charge is 0.483 e. The molecule has 2 nitrogen and oxygen atoms in total. The van der Waals surface area contributed by atoms with Crippen molar-refractivity contribution >= 4 is 5.69 Å². The lowest BCUT2D eigenvalue weighted by Crippen LogP contribution is -2.03. The van der Waals surface area contributed by atoms with Gasteiger partial charge in [0.15, 0.2) is 17.4 Å². The molecule has 0 spiro atoms. The van der Waals surface area contributed by atoms with Crippen LogP contribution in [0.3, 0.4) is 0 Å².